The van der Waals surface area contributed by atoms with Crippen LogP contribution in [0.1, 0.15) is 38.2 Å². The summed E-state index contributed by atoms with van der Waals surface area (Å²) in [4.78, 5) is 32.6. The van der Waals surface area contributed by atoms with Crippen LogP contribution in [-0.2, 0) is 26.1 Å². The lowest BCUT2D eigenvalue weighted by Crippen LogP contribution is -2.40. The second-order valence-corrected chi connectivity index (χ2v) is 7.12. The monoisotopic (exact) mass is 408 g/mol. The van der Waals surface area contributed by atoms with E-state index in [-0.39, 0.29) is 23.1 Å². The molecule has 10 heteroatoms. The van der Waals surface area contributed by atoms with E-state index in [1.54, 1.807) is 10.9 Å². The van der Waals surface area contributed by atoms with Crippen LogP contribution in [0.15, 0.2) is 22.0 Å². The third-order valence-electron chi connectivity index (χ3n) is 4.68. The lowest BCUT2D eigenvalue weighted by Gasteiger charge is -2.11. The number of imidazole rings is 1. The Morgan fingerprint density at radius 2 is 1.93 bits per heavy atom. The second kappa shape index (κ2) is 9.20. The number of hydrogen-bond donors (Lipinski definition) is 2. The number of aliphatic hydroxyl groups excluding tert-OH is 1. The van der Waals surface area contributed by atoms with Gasteiger partial charge in [-0.05, 0) is 36.4 Å². The number of unbranched alkanes of at least 4 members (excludes halogenated alkanes) is 2. The number of H-pyrrole nitrogens is 1. The first-order valence-electron chi connectivity index (χ1n) is 9.56. The Kier molecular flexibility index (Phi) is 6.69. The van der Waals surface area contributed by atoms with Gasteiger partial charge in [0, 0.05) is 19.3 Å². The van der Waals surface area contributed by atoms with Gasteiger partial charge in [0.05, 0.1) is 19.3 Å². The fourth-order valence-electron chi connectivity index (χ4n) is 3.26. The molecular weight excluding hydrogens is 384 g/mol. The van der Waals surface area contributed by atoms with Crippen molar-refractivity contribution in [1.82, 2.24) is 28.9 Å². The van der Waals surface area contributed by atoms with Crippen molar-refractivity contribution in [2.24, 2.45) is 0 Å². The molecule has 0 unspecified atom stereocenters. The molecule has 0 radical (unpaired) electrons. The van der Waals surface area contributed by atoms with Crippen LogP contribution in [0.25, 0.3) is 11.2 Å². The van der Waals surface area contributed by atoms with Gasteiger partial charge in [-0.2, -0.15) is 10.1 Å². The molecule has 3 rings (SSSR count). The molecule has 0 amide bonds. The highest BCUT2D eigenvalue weighted by Gasteiger charge is 2.16. The molecular formula is C18H25ClN6O3. The third-order valence-corrected chi connectivity index (χ3v) is 4.86. The van der Waals surface area contributed by atoms with Gasteiger partial charge in [-0.15, -0.1) is 0 Å². The first-order chi connectivity index (χ1) is 13.5. The van der Waals surface area contributed by atoms with E-state index in [0.717, 1.165) is 24.8 Å². The number of aromatic nitrogens is 6. The number of rotatable bonds is 10. The van der Waals surface area contributed by atoms with Crippen LogP contribution in [0.3, 0.4) is 0 Å². The number of nitrogens with one attached hydrogen (secondary N) is 1. The Bertz CT molecular complexity index is 1050. The normalized spacial score (nSPS) is 11.5. The molecule has 0 saturated heterocycles. The van der Waals surface area contributed by atoms with Gasteiger partial charge < -0.3 is 10.1 Å². The first kappa shape index (κ1) is 20.3. The van der Waals surface area contributed by atoms with Crippen LogP contribution >= 0.6 is 11.6 Å². The zero-order valence-electron chi connectivity index (χ0n) is 15.9. The van der Waals surface area contributed by atoms with E-state index >= 15 is 0 Å². The number of aromatic amines is 1. The highest BCUT2D eigenvalue weighted by molar-refractivity contribution is 6.28. The quantitative estimate of drug-likeness (QED) is 0.390. The number of hydrogen-bond acceptors (Lipinski definition) is 5. The van der Waals surface area contributed by atoms with Crippen LogP contribution in [0.4, 0.5) is 0 Å². The van der Waals surface area contributed by atoms with Gasteiger partial charge in [-0.3, -0.25) is 18.6 Å². The molecule has 0 aliphatic carbocycles. The minimum Gasteiger partial charge on any atom is -0.394 e. The standard InChI is InChI=1S/C18H25ClN6O3/c1-2-3-4-7-24-15-14(21-17(19)22-15)16(27)25(18(24)28)8-5-6-13-11-20-23(12-13)9-10-26/h11-12,26H,2-10H2,1H3,(H,21,22). The predicted molar refractivity (Wildman–Crippen MR) is 107 cm³/mol. The highest BCUT2D eigenvalue weighted by atomic mass is 35.5. The largest absolute Gasteiger partial charge is 0.394 e. The molecule has 0 aromatic carbocycles. The van der Waals surface area contributed by atoms with E-state index in [0.29, 0.717) is 38.1 Å². The number of fused-ring (bicyclic) bond motifs is 1. The van der Waals surface area contributed by atoms with Crippen molar-refractivity contribution in [2.45, 2.75) is 58.7 Å². The molecule has 2 N–H and O–H groups in total. The summed E-state index contributed by atoms with van der Waals surface area (Å²) in [6.07, 6.45) is 7.74. The van der Waals surface area contributed by atoms with E-state index in [2.05, 4.69) is 22.0 Å². The lowest BCUT2D eigenvalue weighted by molar-refractivity contribution is 0.269. The van der Waals surface area contributed by atoms with Crippen molar-refractivity contribution in [1.29, 1.82) is 0 Å². The van der Waals surface area contributed by atoms with Crippen molar-refractivity contribution in [2.75, 3.05) is 6.61 Å². The van der Waals surface area contributed by atoms with Gasteiger partial charge >= 0.3 is 5.69 Å². The lowest BCUT2D eigenvalue weighted by atomic mass is 10.2. The average molecular weight is 409 g/mol. The summed E-state index contributed by atoms with van der Waals surface area (Å²) in [5.41, 5.74) is 0.819. The molecule has 3 heterocycles. The molecule has 3 aromatic rings. The van der Waals surface area contributed by atoms with Crippen LogP contribution in [-0.4, -0.2) is 40.6 Å². The van der Waals surface area contributed by atoms with Crippen molar-refractivity contribution in [3.8, 4) is 0 Å². The molecule has 0 atom stereocenters. The molecule has 0 fully saturated rings. The maximum absolute atomic E-state index is 12.9. The maximum atomic E-state index is 12.9. The van der Waals surface area contributed by atoms with Crippen LogP contribution in [0.2, 0.25) is 5.28 Å². The van der Waals surface area contributed by atoms with E-state index in [4.69, 9.17) is 16.7 Å². The van der Waals surface area contributed by atoms with Crippen molar-refractivity contribution >= 4 is 22.8 Å². The van der Waals surface area contributed by atoms with Gasteiger partial charge in [0.25, 0.3) is 5.56 Å². The molecule has 0 spiro atoms. The smallest absolute Gasteiger partial charge is 0.332 e. The fourth-order valence-corrected chi connectivity index (χ4v) is 3.43. The Morgan fingerprint density at radius 3 is 2.68 bits per heavy atom. The van der Waals surface area contributed by atoms with Gasteiger partial charge in [0.1, 0.15) is 0 Å². The SMILES string of the molecule is CCCCCn1c(=O)n(CCCc2cnn(CCO)c2)c(=O)c2[nH]c(Cl)nc21. The highest BCUT2D eigenvalue weighted by Crippen LogP contribution is 2.11. The zero-order chi connectivity index (χ0) is 20.1. The van der Waals surface area contributed by atoms with Crippen LogP contribution < -0.4 is 11.2 Å². The Labute approximate surface area is 166 Å². The Balaban J connectivity index is 1.83. The number of nitrogens with zero attached hydrogens (tertiary/aromatic N) is 5. The topological polar surface area (TPSA) is 111 Å². The summed E-state index contributed by atoms with van der Waals surface area (Å²) in [6, 6.07) is 0. The Morgan fingerprint density at radius 1 is 1.14 bits per heavy atom. The minimum absolute atomic E-state index is 0.0286. The summed E-state index contributed by atoms with van der Waals surface area (Å²) in [5, 5.41) is 13.2. The van der Waals surface area contributed by atoms with E-state index in [9.17, 15) is 9.59 Å². The van der Waals surface area contributed by atoms with Gasteiger partial charge in [-0.25, -0.2) is 4.79 Å². The van der Waals surface area contributed by atoms with Crippen LogP contribution in [0, 0.1) is 0 Å². The molecule has 3 aromatic heterocycles. The van der Waals surface area contributed by atoms with Crippen LogP contribution in [0.5, 0.6) is 0 Å². The van der Waals surface area contributed by atoms with Crippen molar-refractivity contribution in [3.63, 3.8) is 0 Å². The molecule has 9 nitrogen and oxygen atoms in total. The number of aliphatic hydroxyl groups is 1. The van der Waals surface area contributed by atoms with E-state index in [1.807, 2.05) is 6.20 Å². The average Bonchev–Trinajstić information content (AvgIpc) is 3.27. The minimum atomic E-state index is -0.401. The van der Waals surface area contributed by atoms with E-state index < -0.39 is 5.56 Å². The molecule has 0 aliphatic heterocycles. The second-order valence-electron chi connectivity index (χ2n) is 6.76. The molecule has 28 heavy (non-hydrogen) atoms. The summed E-state index contributed by atoms with van der Waals surface area (Å²) in [7, 11) is 0. The van der Waals surface area contributed by atoms with Crippen molar-refractivity contribution < 1.29 is 5.11 Å². The molecule has 0 bridgehead atoms. The molecule has 0 saturated carbocycles. The molecule has 152 valence electrons. The summed E-state index contributed by atoms with van der Waals surface area (Å²) in [6.45, 7) is 3.36. The summed E-state index contributed by atoms with van der Waals surface area (Å²) < 4.78 is 4.45. The fraction of sp³-hybridized carbons (Fsp3) is 0.556. The number of halogens is 1. The van der Waals surface area contributed by atoms with E-state index in [1.165, 1.54) is 9.13 Å². The first-order valence-corrected chi connectivity index (χ1v) is 9.94. The third kappa shape index (κ3) is 4.36. The van der Waals surface area contributed by atoms with Gasteiger partial charge in [0.2, 0.25) is 5.28 Å². The van der Waals surface area contributed by atoms with Crippen molar-refractivity contribution in [3.05, 3.63) is 44.1 Å². The van der Waals surface area contributed by atoms with Gasteiger partial charge in [0.15, 0.2) is 11.2 Å². The Hall–Kier alpha value is -2.39. The zero-order valence-corrected chi connectivity index (χ0v) is 16.7. The predicted octanol–water partition coefficient (Wildman–Crippen LogP) is 1.55. The summed E-state index contributed by atoms with van der Waals surface area (Å²) >= 11 is 5.95. The van der Waals surface area contributed by atoms with Gasteiger partial charge in [-0.1, -0.05) is 19.8 Å². The molecule has 0 aliphatic rings. The summed E-state index contributed by atoms with van der Waals surface area (Å²) in [5.74, 6) is 0. The maximum Gasteiger partial charge on any atom is 0.332 e. The number of aryl methyl sites for hydroxylation is 2.